The summed E-state index contributed by atoms with van der Waals surface area (Å²) in [7, 11) is 1.63. The number of ether oxygens (including phenoxy) is 1. The van der Waals surface area contributed by atoms with Gasteiger partial charge < -0.3 is 9.84 Å². The molecule has 0 saturated carbocycles. The first-order chi connectivity index (χ1) is 7.24. The first-order valence-corrected chi connectivity index (χ1v) is 4.91. The maximum absolute atomic E-state index is 9.64. The van der Waals surface area contributed by atoms with Gasteiger partial charge >= 0.3 is 0 Å². The normalized spacial score (nSPS) is 10.5. The van der Waals surface area contributed by atoms with Crippen molar-refractivity contribution in [3.8, 4) is 11.5 Å². The molecular formula is C12H13NO2. The molecule has 0 unspecified atom stereocenters. The number of benzene rings is 1. The third kappa shape index (κ3) is 1.73. The predicted molar refractivity (Wildman–Crippen MR) is 59.3 cm³/mol. The van der Waals surface area contributed by atoms with E-state index in [1.807, 2.05) is 25.1 Å². The lowest BCUT2D eigenvalue weighted by Crippen LogP contribution is -1.90. The van der Waals surface area contributed by atoms with Gasteiger partial charge in [-0.15, -0.1) is 0 Å². The van der Waals surface area contributed by atoms with Crippen molar-refractivity contribution in [1.82, 2.24) is 4.98 Å². The Hall–Kier alpha value is -1.77. The van der Waals surface area contributed by atoms with Crippen molar-refractivity contribution in [2.45, 2.75) is 13.3 Å². The van der Waals surface area contributed by atoms with Crippen LogP contribution < -0.4 is 4.74 Å². The van der Waals surface area contributed by atoms with Crippen molar-refractivity contribution < 1.29 is 9.84 Å². The SMILES string of the molecule is CCc1nc2cc(OC)ccc2cc1O. The number of aryl methyl sites for hydroxylation is 1. The molecule has 1 heterocycles. The van der Waals surface area contributed by atoms with Crippen LogP contribution in [0, 0.1) is 0 Å². The fourth-order valence-electron chi connectivity index (χ4n) is 1.56. The molecule has 0 aliphatic heterocycles. The molecule has 0 saturated heterocycles. The first kappa shape index (κ1) is 9.77. The van der Waals surface area contributed by atoms with Crippen LogP contribution in [0.3, 0.4) is 0 Å². The van der Waals surface area contributed by atoms with E-state index in [1.165, 1.54) is 0 Å². The third-order valence-electron chi connectivity index (χ3n) is 2.42. The van der Waals surface area contributed by atoms with Crippen molar-refractivity contribution in [2.24, 2.45) is 0 Å². The molecule has 0 amide bonds. The smallest absolute Gasteiger partial charge is 0.137 e. The highest BCUT2D eigenvalue weighted by Crippen LogP contribution is 2.25. The van der Waals surface area contributed by atoms with E-state index in [9.17, 15) is 5.11 Å². The summed E-state index contributed by atoms with van der Waals surface area (Å²) < 4.78 is 5.12. The number of methoxy groups -OCH3 is 1. The molecule has 15 heavy (non-hydrogen) atoms. The summed E-state index contributed by atoms with van der Waals surface area (Å²) in [4.78, 5) is 4.37. The van der Waals surface area contributed by atoms with E-state index in [0.29, 0.717) is 0 Å². The van der Waals surface area contributed by atoms with Gasteiger partial charge in [0.05, 0.1) is 18.3 Å². The van der Waals surface area contributed by atoms with Gasteiger partial charge in [-0.05, 0) is 24.6 Å². The average molecular weight is 203 g/mol. The molecule has 0 atom stereocenters. The second-order valence-electron chi connectivity index (χ2n) is 3.37. The summed E-state index contributed by atoms with van der Waals surface area (Å²) in [5.74, 6) is 1.04. The second-order valence-corrected chi connectivity index (χ2v) is 3.37. The highest BCUT2D eigenvalue weighted by Gasteiger charge is 2.04. The van der Waals surface area contributed by atoms with Gasteiger partial charge in [0.2, 0.25) is 0 Å². The van der Waals surface area contributed by atoms with E-state index in [-0.39, 0.29) is 5.75 Å². The van der Waals surface area contributed by atoms with E-state index in [0.717, 1.165) is 28.8 Å². The Balaban J connectivity index is 2.66. The number of pyridine rings is 1. The van der Waals surface area contributed by atoms with Gasteiger partial charge in [0.1, 0.15) is 11.5 Å². The van der Waals surface area contributed by atoms with Crippen LogP contribution in [-0.2, 0) is 6.42 Å². The van der Waals surface area contributed by atoms with Crippen molar-refractivity contribution in [3.63, 3.8) is 0 Å². The number of nitrogens with zero attached hydrogens (tertiary/aromatic N) is 1. The highest BCUT2D eigenvalue weighted by atomic mass is 16.5. The zero-order valence-corrected chi connectivity index (χ0v) is 8.82. The van der Waals surface area contributed by atoms with Crippen LogP contribution in [0.5, 0.6) is 11.5 Å². The summed E-state index contributed by atoms with van der Waals surface area (Å²) in [5.41, 5.74) is 1.57. The summed E-state index contributed by atoms with van der Waals surface area (Å²) in [6.07, 6.45) is 0.721. The van der Waals surface area contributed by atoms with E-state index < -0.39 is 0 Å². The zero-order chi connectivity index (χ0) is 10.8. The van der Waals surface area contributed by atoms with E-state index in [1.54, 1.807) is 13.2 Å². The van der Waals surface area contributed by atoms with Crippen LogP contribution in [0.25, 0.3) is 10.9 Å². The van der Waals surface area contributed by atoms with E-state index in [4.69, 9.17) is 4.74 Å². The minimum absolute atomic E-state index is 0.259. The Kier molecular flexibility index (Phi) is 2.46. The fraction of sp³-hybridized carbons (Fsp3) is 0.250. The Morgan fingerprint density at radius 2 is 2.13 bits per heavy atom. The van der Waals surface area contributed by atoms with Gasteiger partial charge in [-0.1, -0.05) is 6.92 Å². The minimum Gasteiger partial charge on any atom is -0.506 e. The van der Waals surface area contributed by atoms with Crippen LogP contribution in [0.4, 0.5) is 0 Å². The van der Waals surface area contributed by atoms with Gasteiger partial charge in [-0.3, -0.25) is 0 Å². The standard InChI is InChI=1S/C12H13NO2/c1-3-10-12(14)6-8-4-5-9(15-2)7-11(8)13-10/h4-7,14H,3H2,1-2H3. The molecule has 3 heteroatoms. The molecule has 0 fully saturated rings. The Bertz CT molecular complexity index is 494. The van der Waals surface area contributed by atoms with Crippen LogP contribution in [-0.4, -0.2) is 17.2 Å². The van der Waals surface area contributed by atoms with Crippen molar-refractivity contribution in [2.75, 3.05) is 7.11 Å². The third-order valence-corrected chi connectivity index (χ3v) is 2.42. The molecule has 0 spiro atoms. The molecule has 0 aliphatic carbocycles. The molecule has 0 radical (unpaired) electrons. The van der Waals surface area contributed by atoms with E-state index in [2.05, 4.69) is 4.98 Å². The maximum atomic E-state index is 9.64. The molecule has 3 nitrogen and oxygen atoms in total. The number of hydrogen-bond acceptors (Lipinski definition) is 3. The lowest BCUT2D eigenvalue weighted by molar-refractivity contribution is 0.415. The minimum atomic E-state index is 0.259. The Morgan fingerprint density at radius 1 is 1.33 bits per heavy atom. The van der Waals surface area contributed by atoms with Crippen molar-refractivity contribution in [1.29, 1.82) is 0 Å². The number of aromatic hydroxyl groups is 1. The maximum Gasteiger partial charge on any atom is 0.137 e. The number of rotatable bonds is 2. The Labute approximate surface area is 88.3 Å². The van der Waals surface area contributed by atoms with Crippen LogP contribution in [0.1, 0.15) is 12.6 Å². The average Bonchev–Trinajstić information content (AvgIpc) is 2.27. The topological polar surface area (TPSA) is 42.4 Å². The highest BCUT2D eigenvalue weighted by molar-refractivity contribution is 5.81. The fourth-order valence-corrected chi connectivity index (χ4v) is 1.56. The quantitative estimate of drug-likeness (QED) is 0.815. The van der Waals surface area contributed by atoms with E-state index >= 15 is 0 Å². The van der Waals surface area contributed by atoms with Crippen molar-refractivity contribution >= 4 is 10.9 Å². The summed E-state index contributed by atoms with van der Waals surface area (Å²) in [6, 6.07) is 7.35. The van der Waals surface area contributed by atoms with Gasteiger partial charge in [0, 0.05) is 11.5 Å². The van der Waals surface area contributed by atoms with Gasteiger partial charge in [0.25, 0.3) is 0 Å². The molecule has 1 N–H and O–H groups in total. The number of aromatic nitrogens is 1. The monoisotopic (exact) mass is 203 g/mol. The summed E-state index contributed by atoms with van der Waals surface area (Å²) >= 11 is 0. The zero-order valence-electron chi connectivity index (χ0n) is 8.82. The second kappa shape index (κ2) is 3.77. The number of hydrogen-bond donors (Lipinski definition) is 1. The van der Waals surface area contributed by atoms with Crippen LogP contribution >= 0.6 is 0 Å². The molecule has 1 aromatic heterocycles. The number of fused-ring (bicyclic) bond motifs is 1. The first-order valence-electron chi connectivity index (χ1n) is 4.91. The largest absolute Gasteiger partial charge is 0.506 e. The molecule has 0 bridgehead atoms. The lowest BCUT2D eigenvalue weighted by Gasteiger charge is -2.05. The lowest BCUT2D eigenvalue weighted by atomic mass is 10.1. The predicted octanol–water partition coefficient (Wildman–Crippen LogP) is 2.51. The van der Waals surface area contributed by atoms with Gasteiger partial charge in [0.15, 0.2) is 0 Å². The molecular weight excluding hydrogens is 190 g/mol. The van der Waals surface area contributed by atoms with Gasteiger partial charge in [-0.25, -0.2) is 4.98 Å². The van der Waals surface area contributed by atoms with Crippen molar-refractivity contribution in [3.05, 3.63) is 30.0 Å². The molecule has 78 valence electrons. The molecule has 2 rings (SSSR count). The summed E-state index contributed by atoms with van der Waals surface area (Å²) in [5, 5.41) is 10.6. The van der Waals surface area contributed by atoms with Crippen LogP contribution in [0.2, 0.25) is 0 Å². The Morgan fingerprint density at radius 3 is 2.80 bits per heavy atom. The molecule has 1 aromatic carbocycles. The van der Waals surface area contributed by atoms with Crippen LogP contribution in [0.15, 0.2) is 24.3 Å². The molecule has 2 aromatic rings. The molecule has 0 aliphatic rings. The van der Waals surface area contributed by atoms with Gasteiger partial charge in [-0.2, -0.15) is 0 Å². The summed E-state index contributed by atoms with van der Waals surface area (Å²) in [6.45, 7) is 1.97.